The van der Waals surface area contributed by atoms with Gasteiger partial charge in [-0.3, -0.25) is 4.79 Å². The largest absolute Gasteiger partial charge is 0.425 e. The molecule has 2 aliphatic rings. The highest BCUT2D eigenvalue weighted by Crippen LogP contribution is 2.51. The maximum Gasteiger partial charge on any atom is 0.340 e. The molecule has 2 atom stereocenters. The van der Waals surface area contributed by atoms with E-state index in [9.17, 15) is 9.59 Å². The highest BCUT2D eigenvalue weighted by molar-refractivity contribution is 5.97. The number of rotatable bonds is 2. The van der Waals surface area contributed by atoms with Gasteiger partial charge in [-0.15, -0.1) is 0 Å². The molecule has 0 aliphatic carbocycles. The Morgan fingerprint density at radius 3 is 2.62 bits per heavy atom. The number of hydrogen-bond donors (Lipinski definition) is 0. The van der Waals surface area contributed by atoms with Crippen LogP contribution in [0.2, 0.25) is 0 Å². The van der Waals surface area contributed by atoms with Crippen molar-refractivity contribution < 1.29 is 19.1 Å². The monoisotopic (exact) mass is 286 g/mol. The van der Waals surface area contributed by atoms with E-state index in [-0.39, 0.29) is 11.2 Å². The van der Waals surface area contributed by atoms with Crippen LogP contribution in [0, 0.1) is 5.41 Å². The normalized spacial score (nSPS) is 30.0. The lowest BCUT2D eigenvalue weighted by molar-refractivity contribution is -0.180. The van der Waals surface area contributed by atoms with Crippen molar-refractivity contribution in [2.24, 2.45) is 5.41 Å². The Kier molecular flexibility index (Phi) is 3.02. The van der Waals surface area contributed by atoms with E-state index < -0.39 is 17.9 Å². The van der Waals surface area contributed by atoms with Gasteiger partial charge in [0, 0.05) is 17.4 Å². The first-order chi connectivity index (χ1) is 9.84. The predicted molar refractivity (Wildman–Crippen MR) is 76.6 cm³/mol. The summed E-state index contributed by atoms with van der Waals surface area (Å²) in [5, 5.41) is 0. The van der Waals surface area contributed by atoms with E-state index in [0.717, 1.165) is 0 Å². The molecule has 1 aromatic rings. The van der Waals surface area contributed by atoms with Gasteiger partial charge in [0.1, 0.15) is 6.10 Å². The van der Waals surface area contributed by atoms with Crippen LogP contribution in [-0.4, -0.2) is 23.6 Å². The number of carbonyl (C=O) groups is 2. The zero-order valence-electron chi connectivity index (χ0n) is 12.4. The predicted octanol–water partition coefficient (Wildman–Crippen LogP) is 2.88. The van der Waals surface area contributed by atoms with E-state index in [2.05, 4.69) is 0 Å². The lowest BCUT2D eigenvalue weighted by Gasteiger charge is -2.32. The molecule has 2 aliphatic heterocycles. The molecule has 2 unspecified atom stereocenters. The average molecular weight is 286 g/mol. The molecule has 2 bridgehead atoms. The average Bonchev–Trinajstić information content (AvgIpc) is 2.68. The van der Waals surface area contributed by atoms with E-state index in [1.807, 2.05) is 19.9 Å². The van der Waals surface area contributed by atoms with Crippen LogP contribution in [0.15, 0.2) is 42.0 Å². The van der Waals surface area contributed by atoms with Gasteiger partial charge in [0.15, 0.2) is 5.78 Å². The maximum absolute atomic E-state index is 12.3. The maximum atomic E-state index is 12.3. The van der Waals surface area contributed by atoms with Crippen molar-refractivity contribution in [3.05, 3.63) is 47.5 Å². The van der Waals surface area contributed by atoms with Crippen molar-refractivity contribution in [2.75, 3.05) is 0 Å². The standard InChI is InChI=1S/C17H18O4/c1-11-9-13(18)14-16(2,3)10-17(11,20-14)21-15(19)12-7-5-4-6-8-12/h4-9,14H,10H2,1-3H3. The van der Waals surface area contributed by atoms with Crippen LogP contribution in [-0.2, 0) is 14.3 Å². The summed E-state index contributed by atoms with van der Waals surface area (Å²) in [6.45, 7) is 5.69. The smallest absolute Gasteiger partial charge is 0.340 e. The van der Waals surface area contributed by atoms with E-state index in [1.54, 1.807) is 37.3 Å². The van der Waals surface area contributed by atoms with Gasteiger partial charge in [0.05, 0.1) is 5.56 Å². The van der Waals surface area contributed by atoms with Crippen molar-refractivity contribution in [1.29, 1.82) is 0 Å². The van der Waals surface area contributed by atoms with Crippen molar-refractivity contribution >= 4 is 11.8 Å². The Labute approximate surface area is 123 Å². The van der Waals surface area contributed by atoms with Crippen molar-refractivity contribution in [3.8, 4) is 0 Å². The molecule has 1 fully saturated rings. The summed E-state index contributed by atoms with van der Waals surface area (Å²) in [7, 11) is 0. The SMILES string of the molecule is CC1=CC(=O)C2OC1(OC(=O)c1ccccc1)CC2(C)C. The second kappa shape index (κ2) is 4.53. The molecule has 0 amide bonds. The Balaban J connectivity index is 1.92. The number of hydrogen-bond acceptors (Lipinski definition) is 4. The zero-order valence-corrected chi connectivity index (χ0v) is 12.4. The molecule has 0 N–H and O–H groups in total. The Morgan fingerprint density at radius 2 is 1.95 bits per heavy atom. The molecule has 0 radical (unpaired) electrons. The molecule has 2 heterocycles. The molecule has 110 valence electrons. The van der Waals surface area contributed by atoms with Gasteiger partial charge in [0.25, 0.3) is 0 Å². The lowest BCUT2D eigenvalue weighted by Crippen LogP contribution is -2.41. The molecule has 0 saturated carbocycles. The van der Waals surface area contributed by atoms with Crippen molar-refractivity contribution in [1.82, 2.24) is 0 Å². The summed E-state index contributed by atoms with van der Waals surface area (Å²) in [6.07, 6.45) is 1.48. The third-order valence-corrected chi connectivity index (χ3v) is 4.19. The first-order valence-corrected chi connectivity index (χ1v) is 7.03. The third kappa shape index (κ3) is 2.20. The molecule has 1 aromatic carbocycles. The lowest BCUT2D eigenvalue weighted by atomic mass is 9.83. The number of carbonyl (C=O) groups excluding carboxylic acids is 2. The van der Waals surface area contributed by atoms with Gasteiger partial charge < -0.3 is 9.47 Å². The van der Waals surface area contributed by atoms with E-state index in [1.165, 1.54) is 0 Å². The minimum atomic E-state index is -1.12. The number of benzene rings is 1. The molecule has 21 heavy (non-hydrogen) atoms. The highest BCUT2D eigenvalue weighted by atomic mass is 16.7. The Morgan fingerprint density at radius 1 is 1.29 bits per heavy atom. The quantitative estimate of drug-likeness (QED) is 0.784. The van der Waals surface area contributed by atoms with E-state index in [4.69, 9.17) is 9.47 Å². The topological polar surface area (TPSA) is 52.6 Å². The number of ether oxygens (including phenoxy) is 2. The number of fused-ring (bicyclic) bond motifs is 2. The third-order valence-electron chi connectivity index (χ3n) is 4.19. The van der Waals surface area contributed by atoms with Gasteiger partial charge in [-0.1, -0.05) is 32.0 Å². The molecule has 0 aromatic heterocycles. The number of ketones is 1. The molecule has 1 saturated heterocycles. The van der Waals surface area contributed by atoms with Crippen LogP contribution in [0.1, 0.15) is 37.6 Å². The first-order valence-electron chi connectivity index (χ1n) is 7.03. The summed E-state index contributed by atoms with van der Waals surface area (Å²) >= 11 is 0. The molecule has 3 rings (SSSR count). The second-order valence-electron chi connectivity index (χ2n) is 6.40. The van der Waals surface area contributed by atoms with E-state index in [0.29, 0.717) is 17.6 Å². The number of esters is 1. The second-order valence-corrected chi connectivity index (χ2v) is 6.40. The molecule has 4 heteroatoms. The summed E-state index contributed by atoms with van der Waals surface area (Å²) in [5.74, 6) is -1.61. The summed E-state index contributed by atoms with van der Waals surface area (Å²) in [4.78, 5) is 24.4. The van der Waals surface area contributed by atoms with E-state index >= 15 is 0 Å². The van der Waals surface area contributed by atoms with Crippen LogP contribution in [0.3, 0.4) is 0 Å². The highest BCUT2D eigenvalue weighted by Gasteiger charge is 2.59. The van der Waals surface area contributed by atoms with Crippen LogP contribution in [0.4, 0.5) is 0 Å². The minimum absolute atomic E-state index is 0.0543. The summed E-state index contributed by atoms with van der Waals surface area (Å²) < 4.78 is 11.5. The van der Waals surface area contributed by atoms with Crippen LogP contribution >= 0.6 is 0 Å². The Bertz CT molecular complexity index is 629. The fourth-order valence-corrected chi connectivity index (χ4v) is 3.08. The van der Waals surface area contributed by atoms with Gasteiger partial charge in [0.2, 0.25) is 5.79 Å². The molecule has 0 spiro atoms. The molecular weight excluding hydrogens is 268 g/mol. The fraction of sp³-hybridized carbons (Fsp3) is 0.412. The first kappa shape index (κ1) is 14.0. The van der Waals surface area contributed by atoms with Gasteiger partial charge in [-0.25, -0.2) is 4.79 Å². The van der Waals surface area contributed by atoms with Crippen LogP contribution in [0.5, 0.6) is 0 Å². The van der Waals surface area contributed by atoms with Gasteiger partial charge in [-0.2, -0.15) is 0 Å². The summed E-state index contributed by atoms with van der Waals surface area (Å²) in [6, 6.07) is 8.80. The van der Waals surface area contributed by atoms with Crippen molar-refractivity contribution in [2.45, 2.75) is 39.1 Å². The van der Waals surface area contributed by atoms with Gasteiger partial charge in [-0.05, 0) is 25.1 Å². The van der Waals surface area contributed by atoms with Gasteiger partial charge >= 0.3 is 5.97 Å². The Hall–Kier alpha value is -1.94. The molecule has 4 nitrogen and oxygen atoms in total. The minimum Gasteiger partial charge on any atom is -0.425 e. The zero-order chi connectivity index (χ0) is 15.3. The van der Waals surface area contributed by atoms with Crippen LogP contribution < -0.4 is 0 Å². The summed E-state index contributed by atoms with van der Waals surface area (Å²) in [5.41, 5.74) is 0.766. The van der Waals surface area contributed by atoms with Crippen LogP contribution in [0.25, 0.3) is 0 Å². The fourth-order valence-electron chi connectivity index (χ4n) is 3.08. The van der Waals surface area contributed by atoms with Crippen molar-refractivity contribution in [3.63, 3.8) is 0 Å². The molecular formula is C17H18O4.